The third-order valence-corrected chi connectivity index (χ3v) is 8.79. The minimum atomic E-state index is -0.648. The van der Waals surface area contributed by atoms with Gasteiger partial charge in [0.2, 0.25) is 0 Å². The maximum Gasteiger partial charge on any atom is 0.466 e. The van der Waals surface area contributed by atoms with Crippen molar-refractivity contribution in [1.82, 2.24) is 0 Å². The summed E-state index contributed by atoms with van der Waals surface area (Å²) in [7, 11) is -1.20. The molecule has 7 nitrogen and oxygen atoms in total. The molecule has 6 aromatic carbocycles. The summed E-state index contributed by atoms with van der Waals surface area (Å²) in [5, 5.41) is 0. The molecule has 50 heavy (non-hydrogen) atoms. The summed E-state index contributed by atoms with van der Waals surface area (Å²) in [6.45, 7) is 0. The minimum absolute atomic E-state index is 0.0695. The van der Waals surface area contributed by atoms with Crippen LogP contribution in [0.15, 0.2) is 167 Å². The van der Waals surface area contributed by atoms with Crippen molar-refractivity contribution in [2.45, 2.75) is 12.6 Å². The van der Waals surface area contributed by atoms with Gasteiger partial charge in [-0.2, -0.15) is 0 Å². The van der Waals surface area contributed by atoms with Gasteiger partial charge >= 0.3 is 21.9 Å². The maximum absolute atomic E-state index is 6.31. The highest BCUT2D eigenvalue weighted by molar-refractivity contribution is 9.10. The molecule has 0 saturated carbocycles. The topological polar surface area (TPSA) is 64.6 Å². The number of hydrogen-bond donors (Lipinski definition) is 0. The lowest BCUT2D eigenvalue weighted by Gasteiger charge is -2.26. The van der Waals surface area contributed by atoms with Gasteiger partial charge in [0, 0.05) is 20.1 Å². The van der Waals surface area contributed by atoms with Crippen LogP contribution in [0.2, 0.25) is 0 Å². The van der Waals surface area contributed by atoms with Crippen molar-refractivity contribution in [3.05, 3.63) is 178 Å². The summed E-state index contributed by atoms with van der Waals surface area (Å²) >= 11 is 6.94. The Bertz CT molecular complexity index is 1800. The van der Waals surface area contributed by atoms with Crippen molar-refractivity contribution in [3.63, 3.8) is 0 Å². The molecule has 0 spiro atoms. The molecule has 2 atom stereocenters. The molecule has 0 aromatic heterocycles. The highest BCUT2D eigenvalue weighted by atomic mass is 79.9. The van der Waals surface area contributed by atoms with Crippen LogP contribution in [0.1, 0.15) is 23.7 Å². The number of hydrogen-bond acceptors (Lipinski definition) is 7. The molecule has 1 saturated heterocycles. The Hall–Kier alpha value is -4.45. The molecule has 246 valence electrons. The Morgan fingerprint density at radius 1 is 0.420 bits per heavy atom. The van der Waals surface area contributed by atoms with Crippen molar-refractivity contribution in [3.8, 4) is 23.0 Å². The standard InChI is InChI=1S/C38H29B3Br2O7/c42-31-15-23-35(24-16-31)46-37(27-7-3-1-4-8-27)44-33-19-11-29(12-20-33)40-48-39-49-41(50-40)30-13-21-34(22-14-30)45-38(28-9-5-2-6-10-28)47-36-25-17-32(43)18-26-36/h1-26,37-39H. The molecule has 1 aliphatic rings. The molecule has 6 aromatic rings. The zero-order valence-corrected chi connectivity index (χ0v) is 29.8. The van der Waals surface area contributed by atoms with E-state index in [-0.39, 0.29) is 7.69 Å². The fraction of sp³-hybridized carbons (Fsp3) is 0.0526. The number of halogens is 2. The Labute approximate surface area is 309 Å². The van der Waals surface area contributed by atoms with E-state index >= 15 is 0 Å². The average molecular weight is 790 g/mol. The molecule has 1 fully saturated rings. The lowest BCUT2D eigenvalue weighted by atomic mass is 9.67. The van der Waals surface area contributed by atoms with Gasteiger partial charge in [0.05, 0.1) is 0 Å². The van der Waals surface area contributed by atoms with Crippen LogP contribution in [0.25, 0.3) is 0 Å². The molecular formula is C38H29B3Br2O7. The molecule has 0 bridgehead atoms. The first-order valence-corrected chi connectivity index (χ1v) is 17.5. The van der Waals surface area contributed by atoms with Crippen LogP contribution < -0.4 is 29.9 Å². The minimum Gasteiger partial charge on any atom is -0.451 e. The van der Waals surface area contributed by atoms with Crippen LogP contribution >= 0.6 is 31.9 Å². The summed E-state index contributed by atoms with van der Waals surface area (Å²) in [5.74, 6) is 2.66. The largest absolute Gasteiger partial charge is 0.466 e. The third-order valence-electron chi connectivity index (χ3n) is 7.73. The van der Waals surface area contributed by atoms with Gasteiger partial charge in [-0.05, 0) is 83.7 Å². The summed E-state index contributed by atoms with van der Waals surface area (Å²) < 4.78 is 44.9. The van der Waals surface area contributed by atoms with Crippen molar-refractivity contribution in [2.24, 2.45) is 0 Å². The predicted octanol–water partition coefficient (Wildman–Crippen LogP) is 7.95. The highest BCUT2D eigenvalue weighted by Crippen LogP contribution is 2.28. The van der Waals surface area contributed by atoms with Crippen LogP contribution in [0.3, 0.4) is 0 Å². The third kappa shape index (κ3) is 9.01. The number of rotatable bonds is 12. The Morgan fingerprint density at radius 2 is 0.740 bits per heavy atom. The van der Waals surface area contributed by atoms with E-state index in [1.54, 1.807) is 0 Å². The molecule has 0 N–H and O–H groups in total. The second-order valence-electron chi connectivity index (χ2n) is 11.3. The first kappa shape index (κ1) is 34.0. The van der Waals surface area contributed by atoms with Gasteiger partial charge in [-0.1, -0.05) is 117 Å². The molecule has 2 unspecified atom stereocenters. The molecule has 12 heteroatoms. The van der Waals surface area contributed by atoms with E-state index in [0.29, 0.717) is 23.0 Å². The van der Waals surface area contributed by atoms with Crippen LogP contribution in [0.5, 0.6) is 23.0 Å². The van der Waals surface area contributed by atoms with Crippen LogP contribution in [-0.2, 0) is 13.7 Å². The Morgan fingerprint density at radius 3 is 1.08 bits per heavy atom. The van der Waals surface area contributed by atoms with E-state index in [1.807, 2.05) is 158 Å². The molecule has 0 radical (unpaired) electrons. The predicted molar refractivity (Wildman–Crippen MR) is 203 cm³/mol. The molecule has 1 heterocycles. The second-order valence-corrected chi connectivity index (χ2v) is 13.1. The first-order valence-electron chi connectivity index (χ1n) is 15.9. The van der Waals surface area contributed by atoms with Crippen molar-refractivity contribution < 1.29 is 32.7 Å². The van der Waals surface area contributed by atoms with Gasteiger partial charge in [0.15, 0.2) is 0 Å². The number of ether oxygens (including phenoxy) is 4. The van der Waals surface area contributed by atoms with Crippen molar-refractivity contribution >= 4 is 64.7 Å². The zero-order chi connectivity index (χ0) is 34.1. The van der Waals surface area contributed by atoms with Gasteiger partial charge in [-0.3, -0.25) is 0 Å². The summed E-state index contributed by atoms with van der Waals surface area (Å²) in [5.41, 5.74) is 3.43. The monoisotopic (exact) mass is 788 g/mol. The fourth-order valence-electron chi connectivity index (χ4n) is 5.17. The summed E-state index contributed by atoms with van der Waals surface area (Å²) in [6, 6.07) is 50.1. The molecule has 7 rings (SSSR count). The SMILES string of the molecule is Brc1ccc(OC(Oc2ccc(B3OBOB(c4ccc(OC(Oc5ccc(Br)cc5)c5ccccc5)cc4)O3)cc2)c2ccccc2)cc1. The van der Waals surface area contributed by atoms with Crippen LogP contribution in [0.4, 0.5) is 0 Å². The number of benzene rings is 6. The molecular weight excluding hydrogens is 761 g/mol. The Kier molecular flexibility index (Phi) is 11.2. The lowest BCUT2D eigenvalue weighted by Crippen LogP contribution is -2.54. The second kappa shape index (κ2) is 16.5. The lowest BCUT2D eigenvalue weighted by molar-refractivity contribution is 0.00354. The maximum atomic E-state index is 6.31. The van der Waals surface area contributed by atoms with Crippen LogP contribution in [-0.4, -0.2) is 21.9 Å². The molecule has 1 aliphatic heterocycles. The highest BCUT2D eigenvalue weighted by Gasteiger charge is 2.36. The van der Waals surface area contributed by atoms with E-state index in [9.17, 15) is 0 Å². The van der Waals surface area contributed by atoms with E-state index < -0.39 is 26.8 Å². The van der Waals surface area contributed by atoms with Gasteiger partial charge in [0.1, 0.15) is 23.0 Å². The van der Waals surface area contributed by atoms with Crippen LogP contribution in [0, 0.1) is 0 Å². The van der Waals surface area contributed by atoms with Crippen molar-refractivity contribution in [1.29, 1.82) is 0 Å². The zero-order valence-electron chi connectivity index (χ0n) is 26.6. The van der Waals surface area contributed by atoms with Gasteiger partial charge < -0.3 is 32.7 Å². The smallest absolute Gasteiger partial charge is 0.451 e. The van der Waals surface area contributed by atoms with E-state index in [0.717, 1.165) is 31.0 Å². The van der Waals surface area contributed by atoms with Gasteiger partial charge in [-0.15, -0.1) is 0 Å². The van der Waals surface area contributed by atoms with E-state index in [2.05, 4.69) is 31.9 Å². The van der Waals surface area contributed by atoms with Gasteiger partial charge in [-0.25, -0.2) is 0 Å². The van der Waals surface area contributed by atoms with Gasteiger partial charge in [0.25, 0.3) is 12.6 Å². The molecule has 0 amide bonds. The fourth-order valence-corrected chi connectivity index (χ4v) is 5.70. The normalized spacial score (nSPS) is 13.9. The average Bonchev–Trinajstić information content (AvgIpc) is 3.17. The first-order chi connectivity index (χ1) is 24.6. The summed E-state index contributed by atoms with van der Waals surface area (Å²) in [6.07, 6.45) is -1.30. The quantitative estimate of drug-likeness (QED) is 0.0922. The molecule has 0 aliphatic carbocycles. The Balaban J connectivity index is 0.998. The van der Waals surface area contributed by atoms with E-state index in [4.69, 9.17) is 32.7 Å². The van der Waals surface area contributed by atoms with Crippen molar-refractivity contribution in [2.75, 3.05) is 0 Å². The summed E-state index contributed by atoms with van der Waals surface area (Å²) in [4.78, 5) is 0. The van der Waals surface area contributed by atoms with E-state index in [1.165, 1.54) is 0 Å².